The smallest absolute Gasteiger partial charge is 0.287 e. The van der Waals surface area contributed by atoms with Gasteiger partial charge in [0.15, 0.2) is 0 Å². The van der Waals surface area contributed by atoms with Crippen LogP contribution in [0.5, 0.6) is 0 Å². The third kappa shape index (κ3) is 2.83. The van der Waals surface area contributed by atoms with Crippen molar-refractivity contribution in [2.24, 2.45) is 0 Å². The lowest BCUT2D eigenvalue weighted by Gasteiger charge is -2.14. The van der Waals surface area contributed by atoms with Crippen LogP contribution in [0.1, 0.15) is 21.5 Å². The third-order valence-electron chi connectivity index (χ3n) is 2.84. The first-order valence-electron chi connectivity index (χ1n) is 5.61. The number of carbonyl (C=O) groups excluding carboxylic acids is 1. The SMILES string of the molecule is O=C(NCC(F)(F)CO)c1ccc2c(c1)CNC2. The Morgan fingerprint density at radius 2 is 2.11 bits per heavy atom. The van der Waals surface area contributed by atoms with Gasteiger partial charge in [-0.15, -0.1) is 0 Å². The summed E-state index contributed by atoms with van der Waals surface area (Å²) in [5, 5.41) is 13.6. The van der Waals surface area contributed by atoms with E-state index in [0.717, 1.165) is 17.7 Å². The van der Waals surface area contributed by atoms with Crippen molar-refractivity contribution < 1.29 is 18.7 Å². The monoisotopic (exact) mass is 256 g/mol. The first kappa shape index (κ1) is 12.9. The van der Waals surface area contributed by atoms with Crippen LogP contribution in [0, 0.1) is 0 Å². The van der Waals surface area contributed by atoms with Crippen LogP contribution in [0.2, 0.25) is 0 Å². The molecule has 98 valence electrons. The minimum Gasteiger partial charge on any atom is -0.390 e. The Morgan fingerprint density at radius 3 is 2.83 bits per heavy atom. The number of hydrogen-bond acceptors (Lipinski definition) is 3. The summed E-state index contributed by atoms with van der Waals surface area (Å²) in [6.07, 6.45) is 0. The highest BCUT2D eigenvalue weighted by molar-refractivity contribution is 5.94. The van der Waals surface area contributed by atoms with Crippen LogP contribution in [-0.2, 0) is 13.1 Å². The summed E-state index contributed by atoms with van der Waals surface area (Å²) in [7, 11) is 0. The van der Waals surface area contributed by atoms with Crippen molar-refractivity contribution in [1.29, 1.82) is 0 Å². The summed E-state index contributed by atoms with van der Waals surface area (Å²) >= 11 is 0. The molecule has 18 heavy (non-hydrogen) atoms. The quantitative estimate of drug-likeness (QED) is 0.741. The molecule has 1 aromatic carbocycles. The van der Waals surface area contributed by atoms with Crippen LogP contribution in [0.15, 0.2) is 18.2 Å². The maximum atomic E-state index is 12.8. The van der Waals surface area contributed by atoms with Gasteiger partial charge >= 0.3 is 0 Å². The first-order chi connectivity index (χ1) is 8.52. The second-order valence-corrected chi connectivity index (χ2v) is 4.28. The summed E-state index contributed by atoms with van der Waals surface area (Å²) in [6.45, 7) is -0.692. The van der Waals surface area contributed by atoms with Gasteiger partial charge in [-0.25, -0.2) is 8.78 Å². The summed E-state index contributed by atoms with van der Waals surface area (Å²) in [6, 6.07) is 5.12. The van der Waals surface area contributed by atoms with E-state index in [2.05, 4.69) is 10.6 Å². The molecule has 0 fully saturated rings. The molecule has 1 aliphatic rings. The molecular formula is C12H14F2N2O2. The molecular weight excluding hydrogens is 242 g/mol. The Hall–Kier alpha value is -1.53. The van der Waals surface area contributed by atoms with Gasteiger partial charge in [-0.2, -0.15) is 0 Å². The molecule has 0 radical (unpaired) electrons. The predicted octanol–water partition coefficient (Wildman–Crippen LogP) is 0.647. The fourth-order valence-corrected chi connectivity index (χ4v) is 1.80. The van der Waals surface area contributed by atoms with Gasteiger partial charge in [0.25, 0.3) is 11.8 Å². The number of aliphatic hydroxyl groups is 1. The second kappa shape index (κ2) is 4.99. The normalized spacial score (nSPS) is 14.4. The molecule has 0 spiro atoms. The molecule has 2 rings (SSSR count). The average Bonchev–Trinajstić information content (AvgIpc) is 2.83. The molecule has 1 aromatic rings. The number of benzene rings is 1. The van der Waals surface area contributed by atoms with E-state index in [-0.39, 0.29) is 0 Å². The number of alkyl halides is 2. The van der Waals surface area contributed by atoms with Gasteiger partial charge in [-0.05, 0) is 23.3 Å². The van der Waals surface area contributed by atoms with E-state index in [9.17, 15) is 13.6 Å². The van der Waals surface area contributed by atoms with Gasteiger partial charge < -0.3 is 15.7 Å². The third-order valence-corrected chi connectivity index (χ3v) is 2.84. The molecule has 0 bridgehead atoms. The fourth-order valence-electron chi connectivity index (χ4n) is 1.80. The molecule has 0 saturated carbocycles. The van der Waals surface area contributed by atoms with Crippen LogP contribution in [0.4, 0.5) is 8.78 Å². The molecule has 0 atom stereocenters. The van der Waals surface area contributed by atoms with E-state index in [4.69, 9.17) is 5.11 Å². The van der Waals surface area contributed by atoms with Gasteiger partial charge in [0.1, 0.15) is 6.61 Å². The Morgan fingerprint density at radius 1 is 1.39 bits per heavy atom. The highest BCUT2D eigenvalue weighted by atomic mass is 19.3. The molecule has 0 aliphatic carbocycles. The van der Waals surface area contributed by atoms with E-state index >= 15 is 0 Å². The fraction of sp³-hybridized carbons (Fsp3) is 0.417. The number of carbonyl (C=O) groups is 1. The van der Waals surface area contributed by atoms with Crippen LogP contribution < -0.4 is 10.6 Å². The largest absolute Gasteiger partial charge is 0.390 e. The molecule has 0 saturated heterocycles. The highest BCUT2D eigenvalue weighted by Crippen LogP contribution is 2.17. The highest BCUT2D eigenvalue weighted by Gasteiger charge is 2.28. The number of rotatable bonds is 4. The van der Waals surface area contributed by atoms with Crippen molar-refractivity contribution >= 4 is 5.91 Å². The standard InChI is InChI=1S/C12H14F2N2O2/c13-12(14,7-17)6-16-11(18)8-1-2-9-4-15-5-10(9)3-8/h1-3,15,17H,4-7H2,(H,16,18). The first-order valence-corrected chi connectivity index (χ1v) is 5.61. The lowest BCUT2D eigenvalue weighted by atomic mass is 10.1. The van der Waals surface area contributed by atoms with Crippen molar-refractivity contribution in [2.45, 2.75) is 19.0 Å². The number of amides is 1. The van der Waals surface area contributed by atoms with Crippen molar-refractivity contribution in [3.05, 3.63) is 34.9 Å². The van der Waals surface area contributed by atoms with Crippen LogP contribution in [0.3, 0.4) is 0 Å². The van der Waals surface area contributed by atoms with E-state index in [1.807, 2.05) is 6.07 Å². The van der Waals surface area contributed by atoms with Crippen molar-refractivity contribution in [1.82, 2.24) is 10.6 Å². The van der Waals surface area contributed by atoms with E-state index in [0.29, 0.717) is 12.1 Å². The van der Waals surface area contributed by atoms with E-state index in [1.165, 1.54) is 0 Å². The zero-order valence-electron chi connectivity index (χ0n) is 9.67. The van der Waals surface area contributed by atoms with Gasteiger partial charge in [0, 0.05) is 18.7 Å². The van der Waals surface area contributed by atoms with Crippen LogP contribution >= 0.6 is 0 Å². The summed E-state index contributed by atoms with van der Waals surface area (Å²) in [5.41, 5.74) is 2.48. The summed E-state index contributed by atoms with van der Waals surface area (Å²) < 4.78 is 25.5. The lowest BCUT2D eigenvalue weighted by Crippen LogP contribution is -2.39. The van der Waals surface area contributed by atoms with E-state index < -0.39 is 25.0 Å². The molecule has 1 amide bonds. The molecule has 0 unspecified atom stereocenters. The molecule has 1 heterocycles. The van der Waals surface area contributed by atoms with Crippen molar-refractivity contribution in [2.75, 3.05) is 13.2 Å². The van der Waals surface area contributed by atoms with Crippen LogP contribution in [-0.4, -0.2) is 30.1 Å². The van der Waals surface area contributed by atoms with Crippen LogP contribution in [0.25, 0.3) is 0 Å². The molecule has 6 heteroatoms. The van der Waals surface area contributed by atoms with Crippen molar-refractivity contribution in [3.63, 3.8) is 0 Å². The topological polar surface area (TPSA) is 61.4 Å². The number of hydrogen-bond donors (Lipinski definition) is 3. The minimum absolute atomic E-state index is 0.353. The summed E-state index contributed by atoms with van der Waals surface area (Å²) in [5.74, 6) is -3.84. The summed E-state index contributed by atoms with van der Waals surface area (Å²) in [4.78, 5) is 11.7. The minimum atomic E-state index is -3.28. The predicted molar refractivity (Wildman–Crippen MR) is 61.4 cm³/mol. The molecule has 4 nitrogen and oxygen atoms in total. The van der Waals surface area contributed by atoms with Gasteiger partial charge in [-0.3, -0.25) is 4.79 Å². The Bertz CT molecular complexity index is 463. The number of halogens is 2. The second-order valence-electron chi connectivity index (χ2n) is 4.28. The number of aliphatic hydroxyl groups excluding tert-OH is 1. The maximum absolute atomic E-state index is 12.8. The van der Waals surface area contributed by atoms with Crippen molar-refractivity contribution in [3.8, 4) is 0 Å². The van der Waals surface area contributed by atoms with Gasteiger partial charge in [-0.1, -0.05) is 6.07 Å². The van der Waals surface area contributed by atoms with Gasteiger partial charge in [0.05, 0.1) is 6.54 Å². The maximum Gasteiger partial charge on any atom is 0.287 e. The molecule has 0 aromatic heterocycles. The van der Waals surface area contributed by atoms with Gasteiger partial charge in [0.2, 0.25) is 0 Å². The Kier molecular flexibility index (Phi) is 3.58. The number of fused-ring (bicyclic) bond motifs is 1. The Labute approximate surface area is 103 Å². The van der Waals surface area contributed by atoms with E-state index in [1.54, 1.807) is 12.1 Å². The lowest BCUT2D eigenvalue weighted by molar-refractivity contribution is -0.0462. The zero-order valence-corrected chi connectivity index (χ0v) is 9.67. The molecule has 3 N–H and O–H groups in total. The average molecular weight is 256 g/mol. The Balaban J connectivity index is 2.01. The molecule has 1 aliphatic heterocycles. The zero-order chi connectivity index (χ0) is 13.2. The number of nitrogens with one attached hydrogen (secondary N) is 2.